The second kappa shape index (κ2) is 46.2. The lowest BCUT2D eigenvalue weighted by Gasteiger charge is -2.02. The van der Waals surface area contributed by atoms with Gasteiger partial charge in [0.2, 0.25) is 0 Å². The molecule has 104 valence electrons. The number of ether oxygens (including phenoxy) is 2. The van der Waals surface area contributed by atoms with Gasteiger partial charge in [-0.2, -0.15) is 0 Å². The van der Waals surface area contributed by atoms with Crippen LogP contribution >= 0.6 is 0 Å². The molecule has 16 heavy (non-hydrogen) atoms. The van der Waals surface area contributed by atoms with Gasteiger partial charge in [0.1, 0.15) is 0 Å². The normalized spacial score (nSPS) is 7.50. The average Bonchev–Trinajstić information content (AvgIpc) is 2.41. The lowest BCUT2D eigenvalue weighted by Crippen LogP contribution is -2.12. The lowest BCUT2D eigenvalue weighted by atomic mass is 10.5. The Hall–Kier alpha value is -0.120. The molecule has 0 rings (SSSR count). The Morgan fingerprint density at radius 3 is 1.38 bits per heavy atom. The van der Waals surface area contributed by atoms with Gasteiger partial charge in [-0.05, 0) is 6.42 Å². The topological polar surface area (TPSA) is 44.5 Å². The van der Waals surface area contributed by atoms with Crippen LogP contribution in [0.15, 0.2) is 0 Å². The zero-order valence-corrected chi connectivity index (χ0v) is 12.6. The standard InChI is InChI=1S/C7H17NO2.3C2H6/c1-2-4-9-6-7-10-5-3-8;3*1-2/h2-8H2,1H3;3*1-2H3. The number of rotatable bonds is 7. The zero-order valence-electron chi connectivity index (χ0n) is 12.6. The van der Waals surface area contributed by atoms with Crippen molar-refractivity contribution in [1.29, 1.82) is 0 Å². The predicted molar refractivity (Wildman–Crippen MR) is 75.0 cm³/mol. The highest BCUT2D eigenvalue weighted by Crippen LogP contribution is 1.80. The van der Waals surface area contributed by atoms with Crippen LogP contribution in [0, 0.1) is 0 Å². The predicted octanol–water partition coefficient (Wildman–Crippen LogP) is 3.47. The molecule has 0 aliphatic carbocycles. The first-order valence-electron chi connectivity index (χ1n) is 6.77. The van der Waals surface area contributed by atoms with Gasteiger partial charge in [-0.1, -0.05) is 48.5 Å². The van der Waals surface area contributed by atoms with Gasteiger partial charge in [-0.15, -0.1) is 0 Å². The summed E-state index contributed by atoms with van der Waals surface area (Å²) in [5.74, 6) is 0. The fraction of sp³-hybridized carbons (Fsp3) is 1.00. The maximum absolute atomic E-state index is 5.20. The molecule has 0 aliphatic heterocycles. The summed E-state index contributed by atoms with van der Waals surface area (Å²) in [7, 11) is 0. The van der Waals surface area contributed by atoms with Crippen molar-refractivity contribution in [2.24, 2.45) is 5.73 Å². The summed E-state index contributed by atoms with van der Waals surface area (Å²) >= 11 is 0. The fourth-order valence-corrected chi connectivity index (χ4v) is 0.550. The van der Waals surface area contributed by atoms with Gasteiger partial charge in [-0.3, -0.25) is 0 Å². The van der Waals surface area contributed by atoms with Crippen LogP contribution in [0.2, 0.25) is 0 Å². The van der Waals surface area contributed by atoms with Crippen molar-refractivity contribution in [3.63, 3.8) is 0 Å². The van der Waals surface area contributed by atoms with Gasteiger partial charge in [0.25, 0.3) is 0 Å². The van der Waals surface area contributed by atoms with Gasteiger partial charge >= 0.3 is 0 Å². The van der Waals surface area contributed by atoms with Crippen LogP contribution in [-0.4, -0.2) is 33.0 Å². The summed E-state index contributed by atoms with van der Waals surface area (Å²) < 4.78 is 10.2. The Bertz CT molecular complexity index is 53.9. The molecule has 2 N–H and O–H groups in total. The van der Waals surface area contributed by atoms with E-state index in [0.717, 1.165) is 13.0 Å². The summed E-state index contributed by atoms with van der Waals surface area (Å²) in [6, 6.07) is 0. The van der Waals surface area contributed by atoms with E-state index in [-0.39, 0.29) is 0 Å². The molecular formula is C13H35NO2. The van der Waals surface area contributed by atoms with Gasteiger partial charge in [0.15, 0.2) is 0 Å². The van der Waals surface area contributed by atoms with E-state index < -0.39 is 0 Å². The SMILES string of the molecule is CC.CC.CC.CCCOCCOCCN. The summed E-state index contributed by atoms with van der Waals surface area (Å²) in [6.45, 7) is 17.5. The molecule has 0 aromatic carbocycles. The third-order valence-corrected chi connectivity index (χ3v) is 0.983. The lowest BCUT2D eigenvalue weighted by molar-refractivity contribution is 0.0510. The van der Waals surface area contributed by atoms with Crippen molar-refractivity contribution >= 4 is 0 Å². The number of hydrogen-bond donors (Lipinski definition) is 1. The number of hydrogen-bond acceptors (Lipinski definition) is 3. The smallest absolute Gasteiger partial charge is 0.0701 e. The molecule has 0 aromatic rings. The van der Waals surface area contributed by atoms with Crippen LogP contribution in [-0.2, 0) is 9.47 Å². The molecule has 0 radical (unpaired) electrons. The first kappa shape index (κ1) is 24.9. The molecule has 0 heterocycles. The van der Waals surface area contributed by atoms with Crippen molar-refractivity contribution in [1.82, 2.24) is 0 Å². The molecule has 0 aromatic heterocycles. The quantitative estimate of drug-likeness (QED) is 0.690. The summed E-state index contributed by atoms with van der Waals surface area (Å²) in [5, 5.41) is 0. The van der Waals surface area contributed by atoms with E-state index in [9.17, 15) is 0 Å². The maximum Gasteiger partial charge on any atom is 0.0701 e. The summed E-state index contributed by atoms with van der Waals surface area (Å²) in [4.78, 5) is 0. The van der Waals surface area contributed by atoms with Crippen LogP contribution in [0.3, 0.4) is 0 Å². The van der Waals surface area contributed by atoms with E-state index in [0.29, 0.717) is 26.4 Å². The minimum Gasteiger partial charge on any atom is -0.379 e. The van der Waals surface area contributed by atoms with Crippen LogP contribution < -0.4 is 5.73 Å². The molecule has 0 atom stereocenters. The zero-order chi connectivity index (χ0) is 13.7. The molecule has 0 unspecified atom stereocenters. The van der Waals surface area contributed by atoms with Gasteiger partial charge in [-0.25, -0.2) is 0 Å². The highest BCUT2D eigenvalue weighted by atomic mass is 16.5. The number of nitrogens with two attached hydrogens (primary N) is 1. The summed E-state index contributed by atoms with van der Waals surface area (Å²) in [5.41, 5.74) is 5.20. The first-order valence-corrected chi connectivity index (χ1v) is 6.77. The molecule has 0 saturated heterocycles. The first-order chi connectivity index (χ1) is 7.91. The monoisotopic (exact) mass is 237 g/mol. The molecule has 0 bridgehead atoms. The van der Waals surface area contributed by atoms with Crippen molar-refractivity contribution in [2.75, 3.05) is 33.0 Å². The van der Waals surface area contributed by atoms with E-state index >= 15 is 0 Å². The molecule has 3 nitrogen and oxygen atoms in total. The van der Waals surface area contributed by atoms with E-state index in [1.807, 2.05) is 41.5 Å². The average molecular weight is 237 g/mol. The van der Waals surface area contributed by atoms with Crippen molar-refractivity contribution in [3.05, 3.63) is 0 Å². The minimum atomic E-state index is 0.591. The maximum atomic E-state index is 5.20. The molecular weight excluding hydrogens is 202 g/mol. The van der Waals surface area contributed by atoms with Gasteiger partial charge in [0, 0.05) is 13.2 Å². The second-order valence-electron chi connectivity index (χ2n) is 2.01. The van der Waals surface area contributed by atoms with Crippen molar-refractivity contribution < 1.29 is 9.47 Å². The highest BCUT2D eigenvalue weighted by Gasteiger charge is 1.85. The van der Waals surface area contributed by atoms with E-state index in [1.54, 1.807) is 0 Å². The molecule has 0 spiro atoms. The highest BCUT2D eigenvalue weighted by molar-refractivity contribution is 4.32. The largest absolute Gasteiger partial charge is 0.379 e. The molecule has 3 heteroatoms. The van der Waals surface area contributed by atoms with Crippen LogP contribution in [0.1, 0.15) is 54.9 Å². The molecule has 0 saturated carbocycles. The third kappa shape index (κ3) is 48.6. The molecule has 0 amide bonds. The Kier molecular flexibility index (Phi) is 71.9. The Morgan fingerprint density at radius 1 is 0.688 bits per heavy atom. The van der Waals surface area contributed by atoms with Crippen LogP contribution in [0.4, 0.5) is 0 Å². The van der Waals surface area contributed by atoms with Crippen LogP contribution in [0.5, 0.6) is 0 Å². The Balaban J connectivity index is -0.000000103. The van der Waals surface area contributed by atoms with Crippen molar-refractivity contribution in [2.45, 2.75) is 54.9 Å². The molecule has 0 aliphatic rings. The Morgan fingerprint density at radius 2 is 1.06 bits per heavy atom. The van der Waals surface area contributed by atoms with Crippen LogP contribution in [0.25, 0.3) is 0 Å². The van der Waals surface area contributed by atoms with Gasteiger partial charge < -0.3 is 15.2 Å². The van der Waals surface area contributed by atoms with Gasteiger partial charge in [0.05, 0.1) is 19.8 Å². The van der Waals surface area contributed by atoms with E-state index in [2.05, 4.69) is 6.92 Å². The minimum absolute atomic E-state index is 0.591. The van der Waals surface area contributed by atoms with E-state index in [1.165, 1.54) is 0 Å². The third-order valence-electron chi connectivity index (χ3n) is 0.983. The van der Waals surface area contributed by atoms with E-state index in [4.69, 9.17) is 15.2 Å². The van der Waals surface area contributed by atoms with Crippen molar-refractivity contribution in [3.8, 4) is 0 Å². The molecule has 0 fully saturated rings. The summed E-state index contributed by atoms with van der Waals surface area (Å²) in [6.07, 6.45) is 1.07. The second-order valence-corrected chi connectivity index (χ2v) is 2.01. The Labute approximate surface area is 104 Å². The fourth-order valence-electron chi connectivity index (χ4n) is 0.550.